The monoisotopic (exact) mass is 392 g/mol. The number of nitrogens with one attached hydrogen (secondary N) is 1. The number of aromatic nitrogens is 1. The molecular formula is C12H9KN4O7S. The first-order valence-corrected chi connectivity index (χ1v) is 7.60. The summed E-state index contributed by atoms with van der Waals surface area (Å²) in [6, 6.07) is 4.36. The Hall–Kier alpha value is -1.48. The summed E-state index contributed by atoms with van der Waals surface area (Å²) >= 11 is 0. The van der Waals surface area contributed by atoms with Crippen molar-refractivity contribution >= 4 is 27.2 Å². The van der Waals surface area contributed by atoms with Crippen molar-refractivity contribution in [2.45, 2.75) is 11.8 Å². The number of aromatic hydroxyl groups is 1. The molecule has 0 atom stereocenters. The van der Waals surface area contributed by atoms with Crippen LogP contribution in [0.5, 0.6) is 5.88 Å². The van der Waals surface area contributed by atoms with Gasteiger partial charge >= 0.3 is 57.1 Å². The number of H-pyrrole nitrogens is 1. The fourth-order valence-electron chi connectivity index (χ4n) is 1.82. The third-order valence-electron chi connectivity index (χ3n) is 2.96. The van der Waals surface area contributed by atoms with E-state index in [4.69, 9.17) is 0 Å². The SMILES string of the molecule is Cc1c([N+](=O)[O-])c(O)[nH]c(=O)c1N=Nc1ccc(S(=O)(=O)[O-])cc1.[K+]. The normalized spacial score (nSPS) is 11.3. The van der Waals surface area contributed by atoms with Crippen LogP contribution in [0.15, 0.2) is 44.2 Å². The van der Waals surface area contributed by atoms with Crippen LogP contribution in [0.2, 0.25) is 0 Å². The van der Waals surface area contributed by atoms with Gasteiger partial charge in [0, 0.05) is 0 Å². The molecule has 0 aliphatic heterocycles. The Bertz CT molecular complexity index is 999. The minimum atomic E-state index is -4.60. The molecule has 1 aromatic heterocycles. The van der Waals surface area contributed by atoms with Crippen LogP contribution in [-0.4, -0.2) is 28.0 Å². The van der Waals surface area contributed by atoms with Crippen molar-refractivity contribution in [1.82, 2.24) is 4.98 Å². The zero-order valence-electron chi connectivity index (χ0n) is 13.0. The first-order chi connectivity index (χ1) is 11.1. The van der Waals surface area contributed by atoms with E-state index in [0.717, 1.165) is 12.1 Å². The van der Waals surface area contributed by atoms with E-state index >= 15 is 0 Å². The van der Waals surface area contributed by atoms with E-state index in [1.54, 1.807) is 0 Å². The second-order valence-corrected chi connectivity index (χ2v) is 5.91. The standard InChI is InChI=1S/C12H10N4O7S.K/c1-6-9(11(17)13-12(18)10(6)16(19)20)15-14-7-2-4-8(5-3-7)24(21,22)23;/h2-5H,1H3,(H2,13,17,18)(H,21,22,23);/q;+1/p-1. The van der Waals surface area contributed by atoms with Crippen molar-refractivity contribution in [3.63, 3.8) is 0 Å². The van der Waals surface area contributed by atoms with Gasteiger partial charge in [0.15, 0.2) is 5.69 Å². The van der Waals surface area contributed by atoms with E-state index in [1.807, 2.05) is 4.98 Å². The number of benzene rings is 1. The van der Waals surface area contributed by atoms with Crippen LogP contribution in [0.4, 0.5) is 17.1 Å². The van der Waals surface area contributed by atoms with Crippen molar-refractivity contribution in [3.8, 4) is 5.88 Å². The van der Waals surface area contributed by atoms with Gasteiger partial charge in [0.25, 0.3) is 11.4 Å². The van der Waals surface area contributed by atoms with Crippen LogP contribution in [-0.2, 0) is 10.1 Å². The summed E-state index contributed by atoms with van der Waals surface area (Å²) in [7, 11) is -4.60. The largest absolute Gasteiger partial charge is 1.00 e. The summed E-state index contributed by atoms with van der Waals surface area (Å²) in [5.41, 5.74) is -2.07. The van der Waals surface area contributed by atoms with Crippen LogP contribution in [0, 0.1) is 17.0 Å². The van der Waals surface area contributed by atoms with Gasteiger partial charge in [0.05, 0.1) is 21.1 Å². The van der Waals surface area contributed by atoms with Gasteiger partial charge in [-0.15, -0.1) is 5.11 Å². The third kappa shape index (κ3) is 5.00. The van der Waals surface area contributed by atoms with E-state index in [9.17, 15) is 33.0 Å². The van der Waals surface area contributed by atoms with Crippen LogP contribution in [0.3, 0.4) is 0 Å². The van der Waals surface area contributed by atoms with Crippen molar-refractivity contribution in [1.29, 1.82) is 0 Å². The minimum Gasteiger partial charge on any atom is -0.744 e. The number of hydrogen-bond donors (Lipinski definition) is 2. The molecule has 25 heavy (non-hydrogen) atoms. The number of rotatable bonds is 4. The maximum absolute atomic E-state index is 11.7. The molecule has 2 rings (SSSR count). The molecule has 13 heteroatoms. The van der Waals surface area contributed by atoms with Crippen LogP contribution < -0.4 is 56.9 Å². The Morgan fingerprint density at radius 2 is 1.76 bits per heavy atom. The Balaban J connectivity index is 0.00000312. The van der Waals surface area contributed by atoms with Crippen LogP contribution >= 0.6 is 0 Å². The topological polar surface area (TPSA) is 178 Å². The Morgan fingerprint density at radius 1 is 1.20 bits per heavy atom. The smallest absolute Gasteiger partial charge is 0.744 e. The molecular weight excluding hydrogens is 383 g/mol. The molecule has 0 fully saturated rings. The molecule has 1 heterocycles. The summed E-state index contributed by atoms with van der Waals surface area (Å²) < 4.78 is 32.4. The van der Waals surface area contributed by atoms with Gasteiger partial charge in [-0.1, -0.05) is 0 Å². The van der Waals surface area contributed by atoms with Gasteiger partial charge in [-0.05, 0) is 31.2 Å². The van der Waals surface area contributed by atoms with Gasteiger partial charge in [-0.3, -0.25) is 19.9 Å². The fraction of sp³-hybridized carbons (Fsp3) is 0.0833. The number of nitro groups is 1. The van der Waals surface area contributed by atoms with E-state index in [1.165, 1.54) is 19.1 Å². The molecule has 1 aromatic carbocycles. The van der Waals surface area contributed by atoms with Crippen LogP contribution in [0.1, 0.15) is 5.56 Å². The summed E-state index contributed by atoms with van der Waals surface area (Å²) in [5, 5.41) is 27.5. The van der Waals surface area contributed by atoms with Crippen LogP contribution in [0.25, 0.3) is 0 Å². The van der Waals surface area contributed by atoms with Crippen molar-refractivity contribution < 1.29 is 74.4 Å². The Morgan fingerprint density at radius 3 is 2.24 bits per heavy atom. The molecule has 2 N–H and O–H groups in total. The summed E-state index contributed by atoms with van der Waals surface area (Å²) in [6.45, 7) is 1.22. The molecule has 0 bridgehead atoms. The first-order valence-electron chi connectivity index (χ1n) is 6.19. The molecule has 0 aliphatic rings. The zero-order valence-corrected chi connectivity index (χ0v) is 16.9. The number of azo groups is 1. The van der Waals surface area contributed by atoms with E-state index in [0.29, 0.717) is 0 Å². The second-order valence-electron chi connectivity index (χ2n) is 4.53. The van der Waals surface area contributed by atoms with Gasteiger partial charge in [0.2, 0.25) is 0 Å². The van der Waals surface area contributed by atoms with Crippen molar-refractivity contribution in [3.05, 3.63) is 50.3 Å². The van der Waals surface area contributed by atoms with Gasteiger partial charge in [-0.2, -0.15) is 5.11 Å². The average Bonchev–Trinajstić information content (AvgIpc) is 2.45. The molecule has 0 saturated heterocycles. The van der Waals surface area contributed by atoms with Gasteiger partial charge in [-0.25, -0.2) is 8.42 Å². The van der Waals surface area contributed by atoms with Crippen molar-refractivity contribution in [2.75, 3.05) is 0 Å². The average molecular weight is 392 g/mol. The first kappa shape index (κ1) is 21.6. The van der Waals surface area contributed by atoms with Gasteiger partial charge in [0.1, 0.15) is 10.1 Å². The maximum Gasteiger partial charge on any atom is 1.00 e. The number of pyridine rings is 1. The number of nitrogens with zero attached hydrogens (tertiary/aromatic N) is 3. The molecule has 0 spiro atoms. The predicted molar refractivity (Wildman–Crippen MR) is 78.7 cm³/mol. The molecule has 11 nitrogen and oxygen atoms in total. The van der Waals surface area contributed by atoms with E-state index < -0.39 is 37.1 Å². The fourth-order valence-corrected chi connectivity index (χ4v) is 2.29. The molecule has 0 radical (unpaired) electrons. The zero-order chi connectivity index (χ0) is 18.1. The molecule has 0 unspecified atom stereocenters. The Kier molecular flexibility index (Phi) is 7.13. The minimum absolute atomic E-state index is 0. The number of hydrogen-bond acceptors (Lipinski definition) is 9. The molecule has 0 saturated carbocycles. The quantitative estimate of drug-likeness (QED) is 0.211. The maximum atomic E-state index is 11.7. The summed E-state index contributed by atoms with van der Waals surface area (Å²) in [5.74, 6) is -0.897. The van der Waals surface area contributed by atoms with E-state index in [2.05, 4.69) is 10.2 Å². The third-order valence-corrected chi connectivity index (χ3v) is 3.80. The molecule has 0 aliphatic carbocycles. The molecule has 0 amide bonds. The molecule has 126 valence electrons. The van der Waals surface area contributed by atoms with Crippen molar-refractivity contribution in [2.24, 2.45) is 10.2 Å². The predicted octanol–water partition coefficient (Wildman–Crippen LogP) is -1.38. The van der Waals surface area contributed by atoms with Gasteiger partial charge < -0.3 is 9.66 Å². The Labute approximate surface area is 183 Å². The second kappa shape index (κ2) is 8.26. The summed E-state index contributed by atoms with van der Waals surface area (Å²) in [6.07, 6.45) is 0. The van der Waals surface area contributed by atoms with E-state index in [-0.39, 0.29) is 68.3 Å². The summed E-state index contributed by atoms with van der Waals surface area (Å²) in [4.78, 5) is 23.1. The molecule has 2 aromatic rings. The number of aromatic amines is 1.